The van der Waals surface area contributed by atoms with Crippen molar-refractivity contribution in [2.24, 2.45) is 0 Å². The Labute approximate surface area is 158 Å². The summed E-state index contributed by atoms with van der Waals surface area (Å²) >= 11 is 0. The maximum atomic E-state index is 12.8. The lowest BCUT2D eigenvalue weighted by atomic mass is 9.86. The first kappa shape index (κ1) is 19.6. The van der Waals surface area contributed by atoms with Gasteiger partial charge in [0.25, 0.3) is 5.91 Å². The van der Waals surface area contributed by atoms with Gasteiger partial charge in [-0.25, -0.2) is 8.42 Å². The number of amides is 1. The van der Waals surface area contributed by atoms with Gasteiger partial charge in [0.15, 0.2) is 0 Å². The number of hydrogen-bond donors (Lipinski definition) is 2. The third-order valence-electron chi connectivity index (χ3n) is 5.16. The van der Waals surface area contributed by atoms with Crippen LogP contribution in [0.25, 0.3) is 0 Å². The van der Waals surface area contributed by atoms with E-state index in [1.165, 1.54) is 4.31 Å². The summed E-state index contributed by atoms with van der Waals surface area (Å²) in [5.74, 6) is -1.19. The van der Waals surface area contributed by atoms with Gasteiger partial charge in [-0.2, -0.15) is 0 Å². The molecule has 1 aromatic rings. The zero-order valence-electron chi connectivity index (χ0n) is 15.2. The van der Waals surface area contributed by atoms with Gasteiger partial charge in [-0.15, -0.1) is 0 Å². The maximum Gasteiger partial charge on any atom is 0.305 e. The summed E-state index contributed by atoms with van der Waals surface area (Å²) in [6, 6.07) is 4.91. The Morgan fingerprint density at radius 1 is 1.30 bits per heavy atom. The number of sulfonamides is 1. The topological polar surface area (TPSA) is 113 Å². The summed E-state index contributed by atoms with van der Waals surface area (Å²) in [4.78, 5) is 24.1. The molecule has 9 heteroatoms. The Balaban J connectivity index is 1.81. The second kappa shape index (κ2) is 7.47. The molecule has 2 saturated heterocycles. The average molecular weight is 396 g/mol. The SMILES string of the molecule is Cc1cc(N2CCCS2(=O)=O)ccc1C(=O)NC1(CC(=O)O)CCOCC1. The molecule has 2 N–H and O–H groups in total. The largest absolute Gasteiger partial charge is 0.481 e. The predicted molar refractivity (Wildman–Crippen MR) is 99.4 cm³/mol. The Morgan fingerprint density at radius 3 is 2.56 bits per heavy atom. The summed E-state index contributed by atoms with van der Waals surface area (Å²) in [6.45, 7) is 2.99. The monoisotopic (exact) mass is 396 g/mol. The van der Waals surface area contributed by atoms with E-state index in [4.69, 9.17) is 4.74 Å². The smallest absolute Gasteiger partial charge is 0.305 e. The molecule has 0 aliphatic carbocycles. The number of rotatable bonds is 5. The molecule has 0 spiro atoms. The number of nitrogens with one attached hydrogen (secondary N) is 1. The van der Waals surface area contributed by atoms with Crippen LogP contribution in [0.5, 0.6) is 0 Å². The number of anilines is 1. The quantitative estimate of drug-likeness (QED) is 0.775. The van der Waals surface area contributed by atoms with Gasteiger partial charge in [-0.3, -0.25) is 13.9 Å². The minimum Gasteiger partial charge on any atom is -0.481 e. The summed E-state index contributed by atoms with van der Waals surface area (Å²) in [5, 5.41) is 12.1. The number of benzene rings is 1. The van der Waals surface area contributed by atoms with Crippen LogP contribution in [-0.2, 0) is 19.6 Å². The molecule has 148 valence electrons. The van der Waals surface area contributed by atoms with Crippen molar-refractivity contribution in [2.75, 3.05) is 29.8 Å². The highest BCUT2D eigenvalue weighted by molar-refractivity contribution is 7.93. The molecule has 1 aromatic carbocycles. The van der Waals surface area contributed by atoms with E-state index in [0.717, 1.165) is 0 Å². The van der Waals surface area contributed by atoms with E-state index in [0.29, 0.717) is 55.8 Å². The highest BCUT2D eigenvalue weighted by atomic mass is 32.2. The lowest BCUT2D eigenvalue weighted by molar-refractivity contribution is -0.139. The molecule has 8 nitrogen and oxygen atoms in total. The molecule has 1 amide bonds. The number of aryl methyl sites for hydroxylation is 1. The van der Waals surface area contributed by atoms with Crippen molar-refractivity contribution >= 4 is 27.6 Å². The molecule has 0 radical (unpaired) electrons. The predicted octanol–water partition coefficient (Wildman–Crippen LogP) is 1.29. The van der Waals surface area contributed by atoms with Gasteiger partial charge < -0.3 is 15.2 Å². The Hall–Kier alpha value is -2.13. The molecular formula is C18H24N2O6S. The molecule has 2 aliphatic rings. The molecule has 2 heterocycles. The van der Waals surface area contributed by atoms with E-state index in [-0.39, 0.29) is 18.1 Å². The number of carboxylic acids is 1. The van der Waals surface area contributed by atoms with Gasteiger partial charge in [-0.1, -0.05) is 0 Å². The van der Waals surface area contributed by atoms with Crippen LogP contribution in [0.3, 0.4) is 0 Å². The van der Waals surface area contributed by atoms with Gasteiger partial charge >= 0.3 is 5.97 Å². The van der Waals surface area contributed by atoms with Crippen molar-refractivity contribution in [3.05, 3.63) is 29.3 Å². The second-order valence-electron chi connectivity index (χ2n) is 7.16. The van der Waals surface area contributed by atoms with E-state index in [9.17, 15) is 23.1 Å². The highest BCUT2D eigenvalue weighted by Gasteiger charge is 2.37. The molecule has 2 fully saturated rings. The van der Waals surface area contributed by atoms with Crippen molar-refractivity contribution in [3.63, 3.8) is 0 Å². The van der Waals surface area contributed by atoms with Crippen molar-refractivity contribution in [3.8, 4) is 0 Å². The number of nitrogens with zero attached hydrogens (tertiary/aromatic N) is 1. The van der Waals surface area contributed by atoms with Crippen LogP contribution in [0.4, 0.5) is 5.69 Å². The standard InChI is InChI=1S/C18H24N2O6S/c1-13-11-14(20-7-2-10-27(20,24)25)3-4-15(13)17(23)19-18(12-16(21)22)5-8-26-9-6-18/h3-4,11H,2,5-10,12H2,1H3,(H,19,23)(H,21,22). The number of hydrogen-bond acceptors (Lipinski definition) is 5. The van der Waals surface area contributed by atoms with Crippen molar-refractivity contribution in [1.29, 1.82) is 0 Å². The van der Waals surface area contributed by atoms with Gasteiger partial charge in [0.05, 0.1) is 23.4 Å². The molecule has 0 aromatic heterocycles. The fourth-order valence-corrected chi connectivity index (χ4v) is 5.25. The minimum absolute atomic E-state index is 0.133. The van der Waals surface area contributed by atoms with Crippen molar-refractivity contribution in [1.82, 2.24) is 5.32 Å². The van der Waals surface area contributed by atoms with Crippen LogP contribution in [0.15, 0.2) is 18.2 Å². The molecule has 0 unspecified atom stereocenters. The number of carbonyl (C=O) groups excluding carboxylic acids is 1. The summed E-state index contributed by atoms with van der Waals surface area (Å²) < 4.78 is 30.8. The van der Waals surface area contributed by atoms with Crippen LogP contribution in [0.1, 0.15) is 41.6 Å². The maximum absolute atomic E-state index is 12.8. The van der Waals surface area contributed by atoms with E-state index >= 15 is 0 Å². The minimum atomic E-state index is -3.28. The Morgan fingerprint density at radius 2 is 2.00 bits per heavy atom. The molecule has 27 heavy (non-hydrogen) atoms. The number of carboxylic acid groups (broad SMARTS) is 1. The third-order valence-corrected chi connectivity index (χ3v) is 7.03. The van der Waals surface area contributed by atoms with E-state index in [1.807, 2.05) is 0 Å². The van der Waals surface area contributed by atoms with Crippen LogP contribution < -0.4 is 9.62 Å². The first-order valence-corrected chi connectivity index (χ1v) is 10.6. The fourth-order valence-electron chi connectivity index (χ4n) is 3.69. The van der Waals surface area contributed by atoms with Crippen molar-refractivity contribution in [2.45, 2.75) is 38.1 Å². The summed E-state index contributed by atoms with van der Waals surface area (Å²) in [5.41, 5.74) is 0.772. The summed E-state index contributed by atoms with van der Waals surface area (Å²) in [6.07, 6.45) is 1.30. The highest BCUT2D eigenvalue weighted by Crippen LogP contribution is 2.28. The molecule has 0 bridgehead atoms. The molecule has 0 saturated carbocycles. The first-order chi connectivity index (χ1) is 12.7. The zero-order valence-corrected chi connectivity index (χ0v) is 16.0. The lowest BCUT2D eigenvalue weighted by Crippen LogP contribution is -2.53. The van der Waals surface area contributed by atoms with Crippen LogP contribution in [0.2, 0.25) is 0 Å². The normalized spacial score (nSPS) is 21.0. The second-order valence-corrected chi connectivity index (χ2v) is 9.17. The summed E-state index contributed by atoms with van der Waals surface area (Å²) in [7, 11) is -3.28. The Kier molecular flexibility index (Phi) is 5.43. The molecule has 2 aliphatic heterocycles. The van der Waals surface area contributed by atoms with Crippen LogP contribution >= 0.6 is 0 Å². The van der Waals surface area contributed by atoms with E-state index in [2.05, 4.69) is 5.32 Å². The van der Waals surface area contributed by atoms with Crippen LogP contribution in [0, 0.1) is 6.92 Å². The van der Waals surface area contributed by atoms with Crippen LogP contribution in [-0.4, -0.2) is 56.5 Å². The zero-order chi connectivity index (χ0) is 19.7. The van der Waals surface area contributed by atoms with Gasteiger partial charge in [-0.05, 0) is 49.9 Å². The number of carbonyl (C=O) groups is 2. The molecule has 0 atom stereocenters. The average Bonchev–Trinajstić information content (AvgIpc) is 2.93. The van der Waals surface area contributed by atoms with Crippen molar-refractivity contribution < 1.29 is 27.9 Å². The third kappa shape index (κ3) is 4.24. The lowest BCUT2D eigenvalue weighted by Gasteiger charge is -2.37. The van der Waals surface area contributed by atoms with E-state index < -0.39 is 21.5 Å². The van der Waals surface area contributed by atoms with E-state index in [1.54, 1.807) is 25.1 Å². The number of aliphatic carboxylic acids is 1. The molecular weight excluding hydrogens is 372 g/mol. The first-order valence-electron chi connectivity index (χ1n) is 8.96. The fraction of sp³-hybridized carbons (Fsp3) is 0.556. The Bertz CT molecular complexity index is 845. The van der Waals surface area contributed by atoms with Gasteiger partial charge in [0.2, 0.25) is 10.0 Å². The molecule has 3 rings (SSSR count). The van der Waals surface area contributed by atoms with Gasteiger partial charge in [0.1, 0.15) is 0 Å². The number of ether oxygens (including phenoxy) is 1. The van der Waals surface area contributed by atoms with Gasteiger partial charge in [0, 0.05) is 25.3 Å².